The number of hydrogen-bond acceptors (Lipinski definition) is 3. The molecule has 0 spiro atoms. The summed E-state index contributed by atoms with van der Waals surface area (Å²) < 4.78 is 10.1. The van der Waals surface area contributed by atoms with Gasteiger partial charge in [-0.25, -0.2) is 0 Å². The number of hydrogen-bond donors (Lipinski definition) is 0. The number of ether oxygens (including phenoxy) is 2. The van der Waals surface area contributed by atoms with Crippen molar-refractivity contribution in [3.63, 3.8) is 0 Å². The summed E-state index contributed by atoms with van der Waals surface area (Å²) >= 11 is 0. The Labute approximate surface area is 59.3 Å². The highest BCUT2D eigenvalue weighted by molar-refractivity contribution is 5.76. The van der Waals surface area contributed by atoms with Crippen molar-refractivity contribution in [1.82, 2.24) is 0 Å². The van der Waals surface area contributed by atoms with E-state index in [1.54, 1.807) is 0 Å². The molecule has 0 saturated carbocycles. The van der Waals surface area contributed by atoms with Crippen LogP contribution in [0, 0.1) is 11.3 Å². The van der Waals surface area contributed by atoms with Gasteiger partial charge >= 0.3 is 5.97 Å². The first kappa shape index (κ1) is 6.16. The Morgan fingerprint density at radius 2 is 2.40 bits per heavy atom. The number of fused-ring (bicyclic) bond motifs is 1. The first-order chi connectivity index (χ1) is 4.72. The monoisotopic (exact) mass is 142 g/mol. The van der Waals surface area contributed by atoms with Gasteiger partial charge < -0.3 is 9.47 Å². The smallest absolute Gasteiger partial charge is 0.312 e. The van der Waals surface area contributed by atoms with Crippen LogP contribution in [0.1, 0.15) is 6.92 Å². The Hall–Kier alpha value is -0.570. The Kier molecular flexibility index (Phi) is 1.06. The first-order valence-corrected chi connectivity index (χ1v) is 3.47. The van der Waals surface area contributed by atoms with Gasteiger partial charge in [0.2, 0.25) is 0 Å². The lowest BCUT2D eigenvalue weighted by molar-refractivity contribution is -0.142. The van der Waals surface area contributed by atoms with Gasteiger partial charge in [-0.3, -0.25) is 4.79 Å². The highest BCUT2D eigenvalue weighted by Gasteiger charge is 2.51. The van der Waals surface area contributed by atoms with Gasteiger partial charge in [0.15, 0.2) is 0 Å². The SMILES string of the molecule is C[C@]12COC[C@H]1C(=O)OC2. The molecular weight excluding hydrogens is 132 g/mol. The third-order valence-electron chi connectivity index (χ3n) is 2.39. The average Bonchev–Trinajstić information content (AvgIpc) is 2.35. The second kappa shape index (κ2) is 1.72. The average molecular weight is 142 g/mol. The normalized spacial score (nSPS) is 45.3. The van der Waals surface area contributed by atoms with Crippen molar-refractivity contribution >= 4 is 5.97 Å². The van der Waals surface area contributed by atoms with Crippen LogP contribution in [0.2, 0.25) is 0 Å². The van der Waals surface area contributed by atoms with Gasteiger partial charge in [-0.1, -0.05) is 6.92 Å². The highest BCUT2D eigenvalue weighted by Crippen LogP contribution is 2.39. The van der Waals surface area contributed by atoms with Crippen molar-refractivity contribution in [1.29, 1.82) is 0 Å². The number of esters is 1. The lowest BCUT2D eigenvalue weighted by Crippen LogP contribution is -2.25. The van der Waals surface area contributed by atoms with Crippen molar-refractivity contribution in [3.05, 3.63) is 0 Å². The Balaban J connectivity index is 2.27. The zero-order valence-electron chi connectivity index (χ0n) is 5.92. The molecule has 2 aliphatic heterocycles. The Morgan fingerprint density at radius 3 is 3.10 bits per heavy atom. The maximum absolute atomic E-state index is 11.0. The predicted molar refractivity (Wildman–Crippen MR) is 33.4 cm³/mol. The van der Waals surface area contributed by atoms with Gasteiger partial charge in [-0.2, -0.15) is 0 Å². The van der Waals surface area contributed by atoms with E-state index < -0.39 is 0 Å². The molecule has 0 aromatic carbocycles. The molecule has 0 radical (unpaired) electrons. The molecule has 0 amide bonds. The molecule has 3 heteroatoms. The molecule has 2 saturated heterocycles. The summed E-state index contributed by atoms with van der Waals surface area (Å²) in [6.45, 7) is 3.80. The van der Waals surface area contributed by atoms with E-state index >= 15 is 0 Å². The van der Waals surface area contributed by atoms with Crippen LogP contribution in [-0.4, -0.2) is 25.8 Å². The van der Waals surface area contributed by atoms with E-state index in [0.717, 1.165) is 0 Å². The fraction of sp³-hybridized carbons (Fsp3) is 0.857. The van der Waals surface area contributed by atoms with Gasteiger partial charge in [0.05, 0.1) is 25.7 Å². The van der Waals surface area contributed by atoms with Gasteiger partial charge in [0.25, 0.3) is 0 Å². The molecule has 2 rings (SSSR count). The van der Waals surface area contributed by atoms with E-state index in [-0.39, 0.29) is 17.3 Å². The Morgan fingerprint density at radius 1 is 1.60 bits per heavy atom. The van der Waals surface area contributed by atoms with E-state index in [9.17, 15) is 4.79 Å². The molecule has 3 nitrogen and oxygen atoms in total. The largest absolute Gasteiger partial charge is 0.465 e. The first-order valence-electron chi connectivity index (χ1n) is 3.47. The number of carbonyl (C=O) groups is 1. The molecule has 0 aromatic rings. The number of carbonyl (C=O) groups excluding carboxylic acids is 1. The standard InChI is InChI=1S/C7H10O3/c1-7-3-9-2-5(7)6(8)10-4-7/h5H,2-4H2,1H3/t5-,7+/m0/s1. The summed E-state index contributed by atoms with van der Waals surface area (Å²) in [6, 6.07) is 0. The van der Waals surface area contributed by atoms with Gasteiger partial charge in [-0.05, 0) is 0 Å². The fourth-order valence-electron chi connectivity index (χ4n) is 1.54. The molecule has 0 unspecified atom stereocenters. The quantitative estimate of drug-likeness (QED) is 0.453. The number of rotatable bonds is 0. The maximum Gasteiger partial charge on any atom is 0.312 e. The molecule has 2 atom stereocenters. The zero-order valence-corrected chi connectivity index (χ0v) is 5.92. The van der Waals surface area contributed by atoms with Crippen LogP contribution in [0.4, 0.5) is 0 Å². The van der Waals surface area contributed by atoms with E-state index in [1.807, 2.05) is 6.92 Å². The van der Waals surface area contributed by atoms with E-state index in [2.05, 4.69) is 0 Å². The zero-order chi connectivity index (χ0) is 7.19. The van der Waals surface area contributed by atoms with Crippen LogP contribution in [0.5, 0.6) is 0 Å². The molecule has 2 aliphatic rings. The van der Waals surface area contributed by atoms with Crippen LogP contribution in [0.25, 0.3) is 0 Å². The summed E-state index contributed by atoms with van der Waals surface area (Å²) in [7, 11) is 0. The maximum atomic E-state index is 11.0. The lowest BCUT2D eigenvalue weighted by atomic mass is 9.83. The van der Waals surface area contributed by atoms with Crippen LogP contribution >= 0.6 is 0 Å². The predicted octanol–water partition coefficient (Wildman–Crippen LogP) is 0.196. The van der Waals surface area contributed by atoms with Gasteiger partial charge in [-0.15, -0.1) is 0 Å². The molecular formula is C7H10O3. The van der Waals surface area contributed by atoms with E-state index in [4.69, 9.17) is 9.47 Å². The van der Waals surface area contributed by atoms with E-state index in [1.165, 1.54) is 0 Å². The van der Waals surface area contributed by atoms with Gasteiger partial charge in [0, 0.05) is 5.41 Å². The van der Waals surface area contributed by atoms with Crippen LogP contribution in [0.3, 0.4) is 0 Å². The molecule has 0 bridgehead atoms. The minimum Gasteiger partial charge on any atom is -0.465 e. The van der Waals surface area contributed by atoms with Crippen molar-refractivity contribution in [3.8, 4) is 0 Å². The van der Waals surface area contributed by atoms with Crippen LogP contribution in [0.15, 0.2) is 0 Å². The summed E-state index contributed by atoms with van der Waals surface area (Å²) in [6.07, 6.45) is 0. The highest BCUT2D eigenvalue weighted by atomic mass is 16.6. The second-order valence-corrected chi connectivity index (χ2v) is 3.33. The molecule has 0 N–H and O–H groups in total. The minimum absolute atomic E-state index is 0.00694. The minimum atomic E-state index is -0.0833. The lowest BCUT2D eigenvalue weighted by Gasteiger charge is -2.14. The molecule has 0 aromatic heterocycles. The van der Waals surface area contributed by atoms with Gasteiger partial charge in [0.1, 0.15) is 0 Å². The van der Waals surface area contributed by atoms with Crippen molar-refractivity contribution in [2.24, 2.45) is 11.3 Å². The van der Waals surface area contributed by atoms with E-state index in [0.29, 0.717) is 19.8 Å². The van der Waals surface area contributed by atoms with Crippen LogP contribution in [-0.2, 0) is 14.3 Å². The summed E-state index contributed by atoms with van der Waals surface area (Å²) in [5, 5.41) is 0. The molecule has 56 valence electrons. The molecule has 2 heterocycles. The molecule has 10 heavy (non-hydrogen) atoms. The third-order valence-corrected chi connectivity index (χ3v) is 2.39. The Bertz CT molecular complexity index is 178. The number of cyclic esters (lactones) is 1. The summed E-state index contributed by atoms with van der Waals surface area (Å²) in [5.41, 5.74) is -0.0168. The van der Waals surface area contributed by atoms with Crippen LogP contribution < -0.4 is 0 Å². The fourth-order valence-corrected chi connectivity index (χ4v) is 1.54. The van der Waals surface area contributed by atoms with Crippen molar-refractivity contribution in [2.75, 3.05) is 19.8 Å². The van der Waals surface area contributed by atoms with Crippen molar-refractivity contribution in [2.45, 2.75) is 6.92 Å². The topological polar surface area (TPSA) is 35.5 Å². The molecule has 2 fully saturated rings. The molecule has 0 aliphatic carbocycles. The summed E-state index contributed by atoms with van der Waals surface area (Å²) in [4.78, 5) is 11.0. The summed E-state index contributed by atoms with van der Waals surface area (Å²) in [5.74, 6) is -0.0764. The van der Waals surface area contributed by atoms with Crippen molar-refractivity contribution < 1.29 is 14.3 Å². The second-order valence-electron chi connectivity index (χ2n) is 3.33. The third kappa shape index (κ3) is 0.611.